The van der Waals surface area contributed by atoms with Crippen molar-refractivity contribution in [3.8, 4) is 0 Å². The average Bonchev–Trinajstić information content (AvgIpc) is 3.01. The molecule has 0 amide bonds. The topological polar surface area (TPSA) is 49.6 Å². The first kappa shape index (κ1) is 16.1. The standard InChI is InChI=1S/C18H25N3O/c1-4-19-18(20-12-11-16-9-7-13-22-16)21-15(3)17-10-6-5-8-14(17)2/h5-10,13,15H,4,11-12H2,1-3H3,(H2,19,20,21). The lowest BCUT2D eigenvalue weighted by Gasteiger charge is -2.19. The van der Waals surface area contributed by atoms with E-state index < -0.39 is 0 Å². The number of benzene rings is 1. The third kappa shape index (κ3) is 4.65. The number of nitrogens with one attached hydrogen (secondary N) is 2. The van der Waals surface area contributed by atoms with Gasteiger partial charge < -0.3 is 15.1 Å². The van der Waals surface area contributed by atoms with Crippen molar-refractivity contribution in [2.75, 3.05) is 13.1 Å². The van der Waals surface area contributed by atoms with Gasteiger partial charge in [-0.25, -0.2) is 0 Å². The minimum absolute atomic E-state index is 0.211. The summed E-state index contributed by atoms with van der Waals surface area (Å²) in [6.07, 6.45) is 2.51. The summed E-state index contributed by atoms with van der Waals surface area (Å²) in [4.78, 5) is 4.62. The fourth-order valence-electron chi connectivity index (χ4n) is 2.41. The van der Waals surface area contributed by atoms with Gasteiger partial charge in [0.1, 0.15) is 5.76 Å². The maximum atomic E-state index is 5.33. The van der Waals surface area contributed by atoms with Crippen LogP contribution in [0.3, 0.4) is 0 Å². The van der Waals surface area contributed by atoms with Crippen molar-refractivity contribution in [2.45, 2.75) is 33.2 Å². The van der Waals surface area contributed by atoms with Crippen LogP contribution in [0.5, 0.6) is 0 Å². The van der Waals surface area contributed by atoms with Crippen molar-refractivity contribution in [3.05, 3.63) is 59.5 Å². The highest BCUT2D eigenvalue weighted by Crippen LogP contribution is 2.16. The fraction of sp³-hybridized carbons (Fsp3) is 0.389. The molecule has 1 aromatic heterocycles. The van der Waals surface area contributed by atoms with Crippen LogP contribution < -0.4 is 10.6 Å². The van der Waals surface area contributed by atoms with Gasteiger partial charge in [0.25, 0.3) is 0 Å². The number of guanidine groups is 1. The van der Waals surface area contributed by atoms with Crippen LogP contribution in [0.15, 0.2) is 52.1 Å². The Labute approximate surface area is 132 Å². The van der Waals surface area contributed by atoms with E-state index in [-0.39, 0.29) is 6.04 Å². The van der Waals surface area contributed by atoms with E-state index in [2.05, 4.69) is 60.7 Å². The molecule has 22 heavy (non-hydrogen) atoms. The molecule has 2 aromatic rings. The van der Waals surface area contributed by atoms with Gasteiger partial charge in [-0.15, -0.1) is 0 Å². The molecule has 0 radical (unpaired) electrons. The van der Waals surface area contributed by atoms with Gasteiger partial charge in [-0.2, -0.15) is 0 Å². The Hall–Kier alpha value is -2.23. The Bertz CT molecular complexity index is 590. The quantitative estimate of drug-likeness (QED) is 0.634. The maximum absolute atomic E-state index is 5.33. The molecule has 1 atom stereocenters. The third-order valence-corrected chi connectivity index (χ3v) is 3.56. The number of furan rings is 1. The number of aliphatic imine (C=N–C) groups is 1. The zero-order valence-corrected chi connectivity index (χ0v) is 13.6. The van der Waals surface area contributed by atoms with Crippen LogP contribution in [-0.2, 0) is 6.42 Å². The summed E-state index contributed by atoms with van der Waals surface area (Å²) in [5.74, 6) is 1.80. The maximum Gasteiger partial charge on any atom is 0.191 e. The summed E-state index contributed by atoms with van der Waals surface area (Å²) >= 11 is 0. The predicted molar refractivity (Wildman–Crippen MR) is 91.1 cm³/mol. The second-order valence-electron chi connectivity index (χ2n) is 5.31. The van der Waals surface area contributed by atoms with Gasteiger partial charge in [-0.05, 0) is 44.0 Å². The van der Waals surface area contributed by atoms with E-state index in [1.165, 1.54) is 11.1 Å². The summed E-state index contributed by atoms with van der Waals surface area (Å²) in [5.41, 5.74) is 2.58. The monoisotopic (exact) mass is 299 g/mol. The highest BCUT2D eigenvalue weighted by Gasteiger charge is 2.09. The number of aryl methyl sites for hydroxylation is 1. The summed E-state index contributed by atoms with van der Waals surface area (Å²) in [6, 6.07) is 12.5. The van der Waals surface area contributed by atoms with Crippen LogP contribution in [0.1, 0.15) is 36.8 Å². The zero-order chi connectivity index (χ0) is 15.8. The second-order valence-corrected chi connectivity index (χ2v) is 5.31. The average molecular weight is 299 g/mol. The lowest BCUT2D eigenvalue weighted by atomic mass is 10.0. The smallest absolute Gasteiger partial charge is 0.191 e. The summed E-state index contributed by atoms with van der Waals surface area (Å²) in [7, 11) is 0. The first-order valence-corrected chi connectivity index (χ1v) is 7.83. The highest BCUT2D eigenvalue weighted by atomic mass is 16.3. The molecule has 0 spiro atoms. The van der Waals surface area contributed by atoms with Gasteiger partial charge in [-0.3, -0.25) is 4.99 Å². The highest BCUT2D eigenvalue weighted by molar-refractivity contribution is 5.80. The molecule has 0 aliphatic heterocycles. The van der Waals surface area contributed by atoms with Crippen LogP contribution in [0.2, 0.25) is 0 Å². The van der Waals surface area contributed by atoms with Crippen LogP contribution in [0.25, 0.3) is 0 Å². The van der Waals surface area contributed by atoms with Crippen molar-refractivity contribution >= 4 is 5.96 Å². The number of rotatable bonds is 6. The Morgan fingerprint density at radius 2 is 2.05 bits per heavy atom. The lowest BCUT2D eigenvalue weighted by molar-refractivity contribution is 0.510. The molecule has 0 saturated heterocycles. The number of hydrogen-bond donors (Lipinski definition) is 2. The first-order valence-electron chi connectivity index (χ1n) is 7.83. The molecule has 0 aliphatic rings. The molecule has 0 saturated carbocycles. The van der Waals surface area contributed by atoms with E-state index in [0.29, 0.717) is 6.54 Å². The molecule has 1 heterocycles. The van der Waals surface area contributed by atoms with Crippen molar-refractivity contribution in [1.29, 1.82) is 0 Å². The number of hydrogen-bond acceptors (Lipinski definition) is 2. The van der Waals surface area contributed by atoms with Crippen molar-refractivity contribution in [3.63, 3.8) is 0 Å². The Morgan fingerprint density at radius 1 is 1.23 bits per heavy atom. The van der Waals surface area contributed by atoms with Gasteiger partial charge in [-0.1, -0.05) is 24.3 Å². The SMILES string of the molecule is CCNC(=NCCc1ccco1)NC(C)c1ccccc1C. The molecular formula is C18H25N3O. The minimum atomic E-state index is 0.211. The normalized spacial score (nSPS) is 13.0. The molecule has 4 heteroatoms. The van der Waals surface area contributed by atoms with Crippen molar-refractivity contribution in [1.82, 2.24) is 10.6 Å². The molecule has 118 valence electrons. The first-order chi connectivity index (χ1) is 10.7. The van der Waals surface area contributed by atoms with Gasteiger partial charge in [0.05, 0.1) is 12.3 Å². The van der Waals surface area contributed by atoms with Gasteiger partial charge in [0, 0.05) is 19.5 Å². The Kier molecular flexibility index (Phi) is 6.07. The lowest BCUT2D eigenvalue weighted by Crippen LogP contribution is -2.39. The molecule has 2 N–H and O–H groups in total. The van der Waals surface area contributed by atoms with Crippen LogP contribution >= 0.6 is 0 Å². The fourth-order valence-corrected chi connectivity index (χ4v) is 2.41. The zero-order valence-electron chi connectivity index (χ0n) is 13.6. The van der Waals surface area contributed by atoms with Crippen molar-refractivity contribution < 1.29 is 4.42 Å². The summed E-state index contributed by atoms with van der Waals surface area (Å²) in [6.45, 7) is 7.90. The molecule has 0 bridgehead atoms. The molecule has 0 aliphatic carbocycles. The predicted octanol–water partition coefficient (Wildman–Crippen LogP) is 3.45. The molecule has 2 rings (SSSR count). The Balaban J connectivity index is 1.96. The van der Waals surface area contributed by atoms with Crippen LogP contribution in [-0.4, -0.2) is 19.0 Å². The van der Waals surface area contributed by atoms with Gasteiger partial charge in [0.15, 0.2) is 5.96 Å². The van der Waals surface area contributed by atoms with Gasteiger partial charge in [0.2, 0.25) is 0 Å². The van der Waals surface area contributed by atoms with E-state index in [0.717, 1.165) is 24.7 Å². The number of nitrogens with zero attached hydrogens (tertiary/aromatic N) is 1. The molecule has 1 aromatic carbocycles. The molecule has 1 unspecified atom stereocenters. The molecule has 4 nitrogen and oxygen atoms in total. The van der Waals surface area contributed by atoms with Crippen molar-refractivity contribution in [2.24, 2.45) is 4.99 Å². The summed E-state index contributed by atoms with van der Waals surface area (Å²) in [5, 5.41) is 6.75. The minimum Gasteiger partial charge on any atom is -0.469 e. The van der Waals surface area contributed by atoms with E-state index in [1.54, 1.807) is 6.26 Å². The molecule has 0 fully saturated rings. The Morgan fingerprint density at radius 3 is 2.73 bits per heavy atom. The van der Waals surface area contributed by atoms with Crippen LogP contribution in [0, 0.1) is 6.92 Å². The summed E-state index contributed by atoms with van der Waals surface area (Å²) < 4.78 is 5.33. The largest absolute Gasteiger partial charge is 0.469 e. The van der Waals surface area contributed by atoms with E-state index >= 15 is 0 Å². The third-order valence-electron chi connectivity index (χ3n) is 3.56. The van der Waals surface area contributed by atoms with Gasteiger partial charge >= 0.3 is 0 Å². The second kappa shape index (κ2) is 8.27. The van der Waals surface area contributed by atoms with E-state index in [4.69, 9.17) is 4.42 Å². The molecular weight excluding hydrogens is 274 g/mol. The van der Waals surface area contributed by atoms with Crippen LogP contribution in [0.4, 0.5) is 0 Å². The van der Waals surface area contributed by atoms with E-state index in [9.17, 15) is 0 Å². The van der Waals surface area contributed by atoms with E-state index in [1.807, 2.05) is 12.1 Å².